The van der Waals surface area contributed by atoms with Crippen molar-refractivity contribution in [3.8, 4) is 11.3 Å². The van der Waals surface area contributed by atoms with Crippen LogP contribution < -0.4 is 10.6 Å². The van der Waals surface area contributed by atoms with Crippen LogP contribution in [-0.2, 0) is 9.53 Å². The monoisotopic (exact) mass is 419 g/mol. The molecule has 1 aromatic heterocycles. The predicted molar refractivity (Wildman–Crippen MR) is 119 cm³/mol. The molecule has 2 N–H and O–H groups in total. The molecule has 0 fully saturated rings. The van der Waals surface area contributed by atoms with Crippen LogP contribution >= 0.6 is 0 Å². The number of hydrogen-bond acceptors (Lipinski definition) is 5. The fourth-order valence-corrected chi connectivity index (χ4v) is 3.25. The molecule has 0 radical (unpaired) electrons. The third-order valence-electron chi connectivity index (χ3n) is 4.60. The van der Waals surface area contributed by atoms with Gasteiger partial charge >= 0.3 is 12.0 Å². The lowest BCUT2D eigenvalue weighted by Crippen LogP contribution is -2.44. The Bertz CT molecular complexity index is 1150. The number of rotatable bonds is 5. The highest BCUT2D eigenvalue weighted by atomic mass is 16.5. The summed E-state index contributed by atoms with van der Waals surface area (Å²) in [7, 11) is 0. The first-order valence-corrected chi connectivity index (χ1v) is 9.99. The number of ether oxygens (including phenoxy) is 1. The maximum atomic E-state index is 12.8. The van der Waals surface area contributed by atoms with E-state index in [1.807, 2.05) is 38.1 Å². The van der Waals surface area contributed by atoms with Crippen molar-refractivity contribution >= 4 is 28.8 Å². The smallest absolute Gasteiger partial charge is 0.339 e. The van der Waals surface area contributed by atoms with Gasteiger partial charge in [0.2, 0.25) is 0 Å². The van der Waals surface area contributed by atoms with E-state index >= 15 is 0 Å². The fourth-order valence-electron chi connectivity index (χ4n) is 3.25. The van der Waals surface area contributed by atoms with E-state index in [4.69, 9.17) is 9.72 Å². The minimum absolute atomic E-state index is 0.123. The van der Waals surface area contributed by atoms with Crippen molar-refractivity contribution in [3.63, 3.8) is 0 Å². The van der Waals surface area contributed by atoms with Crippen molar-refractivity contribution in [2.75, 3.05) is 6.61 Å². The number of imide groups is 1. The highest BCUT2D eigenvalue weighted by molar-refractivity contribution is 6.05. The van der Waals surface area contributed by atoms with Gasteiger partial charge in [0.25, 0.3) is 5.91 Å². The minimum Gasteiger partial charge on any atom is -0.452 e. The third-order valence-corrected chi connectivity index (χ3v) is 4.60. The maximum Gasteiger partial charge on any atom is 0.339 e. The number of amides is 3. The number of nitrogens with one attached hydrogen (secondary N) is 2. The average Bonchev–Trinajstić information content (AvgIpc) is 2.70. The number of benzene rings is 2. The van der Waals surface area contributed by atoms with Gasteiger partial charge in [-0.2, -0.15) is 0 Å². The first-order valence-electron chi connectivity index (χ1n) is 9.99. The first-order chi connectivity index (χ1) is 14.7. The number of hydrogen-bond donors (Lipinski definition) is 2. The zero-order valence-electron chi connectivity index (χ0n) is 18.0. The van der Waals surface area contributed by atoms with Gasteiger partial charge in [0, 0.05) is 17.0 Å². The molecule has 0 aliphatic carbocycles. The van der Waals surface area contributed by atoms with E-state index in [2.05, 4.69) is 16.7 Å². The summed E-state index contributed by atoms with van der Waals surface area (Å²) in [5, 5.41) is 5.28. The molecule has 3 amide bonds. The molecule has 0 saturated heterocycles. The Morgan fingerprint density at radius 2 is 1.77 bits per heavy atom. The van der Waals surface area contributed by atoms with Crippen LogP contribution in [-0.4, -0.2) is 35.5 Å². The number of carbonyl (C=O) groups is 3. The van der Waals surface area contributed by atoms with Crippen molar-refractivity contribution in [3.05, 3.63) is 65.2 Å². The van der Waals surface area contributed by atoms with Crippen molar-refractivity contribution in [2.24, 2.45) is 0 Å². The number of pyridine rings is 1. The molecule has 31 heavy (non-hydrogen) atoms. The zero-order valence-corrected chi connectivity index (χ0v) is 18.0. The summed E-state index contributed by atoms with van der Waals surface area (Å²) in [6, 6.07) is 14.2. The van der Waals surface area contributed by atoms with E-state index in [0.717, 1.165) is 16.7 Å². The topological polar surface area (TPSA) is 97.4 Å². The van der Waals surface area contributed by atoms with E-state index in [9.17, 15) is 14.4 Å². The van der Waals surface area contributed by atoms with Gasteiger partial charge in [0.1, 0.15) is 0 Å². The number of carbonyl (C=O) groups excluding carboxylic acids is 3. The summed E-state index contributed by atoms with van der Waals surface area (Å²) in [5.41, 5.74) is 4.68. The number of esters is 1. The number of para-hydroxylation sites is 1. The van der Waals surface area contributed by atoms with Crippen molar-refractivity contribution < 1.29 is 19.1 Å². The van der Waals surface area contributed by atoms with Gasteiger partial charge in [0.05, 0.1) is 16.8 Å². The maximum absolute atomic E-state index is 12.8. The molecule has 0 saturated carbocycles. The van der Waals surface area contributed by atoms with E-state index in [1.165, 1.54) is 0 Å². The summed E-state index contributed by atoms with van der Waals surface area (Å²) in [6.45, 7) is 6.97. The Labute approximate surface area is 180 Å². The summed E-state index contributed by atoms with van der Waals surface area (Å²) in [5.74, 6) is -1.37. The SMILES string of the molecule is Cc1ccc(-c2cc(C(=O)OCC(=O)NC(=O)NC(C)C)c3ccccc3n2)c(C)c1. The second kappa shape index (κ2) is 9.38. The molecule has 7 heteroatoms. The standard InChI is InChI=1S/C24H25N3O4/c1-14(2)25-24(30)27-22(28)13-31-23(29)19-12-21(17-10-9-15(3)11-16(17)4)26-20-8-6-5-7-18(19)20/h5-12,14H,13H2,1-4H3,(H2,25,27,28,30). The van der Waals surface area contributed by atoms with Crippen LogP contribution in [0.4, 0.5) is 4.79 Å². The van der Waals surface area contributed by atoms with Gasteiger partial charge in [-0.15, -0.1) is 0 Å². The van der Waals surface area contributed by atoms with Crippen LogP contribution in [0, 0.1) is 13.8 Å². The quantitative estimate of drug-likeness (QED) is 0.611. The summed E-state index contributed by atoms with van der Waals surface area (Å²) in [6.07, 6.45) is 0. The van der Waals surface area contributed by atoms with Crippen LogP contribution in [0.3, 0.4) is 0 Å². The molecule has 7 nitrogen and oxygen atoms in total. The molecule has 0 aliphatic rings. The molecule has 2 aromatic carbocycles. The molecular formula is C24H25N3O4. The second-order valence-corrected chi connectivity index (χ2v) is 7.64. The van der Waals surface area contributed by atoms with Crippen LogP contribution in [0.15, 0.2) is 48.5 Å². The fraction of sp³-hybridized carbons (Fsp3) is 0.250. The average molecular weight is 419 g/mol. The summed E-state index contributed by atoms with van der Waals surface area (Å²) < 4.78 is 5.19. The Hall–Kier alpha value is -3.74. The molecule has 1 heterocycles. The molecule has 160 valence electrons. The van der Waals surface area contributed by atoms with Gasteiger partial charge < -0.3 is 10.1 Å². The summed E-state index contributed by atoms with van der Waals surface area (Å²) >= 11 is 0. The Balaban J connectivity index is 1.86. The number of fused-ring (bicyclic) bond motifs is 1. The van der Waals surface area contributed by atoms with Gasteiger partial charge in [-0.25, -0.2) is 14.6 Å². The lowest BCUT2D eigenvalue weighted by Gasteiger charge is -2.12. The lowest BCUT2D eigenvalue weighted by molar-refractivity contribution is -0.123. The molecule has 3 aromatic rings. The van der Waals surface area contributed by atoms with Crippen LogP contribution in [0.1, 0.15) is 35.3 Å². The van der Waals surface area contributed by atoms with E-state index < -0.39 is 24.5 Å². The minimum atomic E-state index is -0.709. The Morgan fingerprint density at radius 1 is 1.03 bits per heavy atom. The molecule has 0 atom stereocenters. The Morgan fingerprint density at radius 3 is 2.48 bits per heavy atom. The molecule has 0 bridgehead atoms. The molecule has 0 unspecified atom stereocenters. The first kappa shape index (κ1) is 22.0. The van der Waals surface area contributed by atoms with Crippen LogP contribution in [0.2, 0.25) is 0 Å². The predicted octanol–water partition coefficient (Wildman–Crippen LogP) is 3.91. The van der Waals surface area contributed by atoms with Gasteiger partial charge in [-0.3, -0.25) is 10.1 Å². The van der Waals surface area contributed by atoms with Gasteiger partial charge in [-0.05, 0) is 45.4 Å². The number of aromatic nitrogens is 1. The van der Waals surface area contributed by atoms with E-state index in [-0.39, 0.29) is 6.04 Å². The molecular weight excluding hydrogens is 394 g/mol. The van der Waals surface area contributed by atoms with Gasteiger partial charge in [-0.1, -0.05) is 42.0 Å². The Kier molecular flexibility index (Phi) is 6.65. The number of nitrogens with zero attached hydrogens (tertiary/aromatic N) is 1. The van der Waals surface area contributed by atoms with Crippen molar-refractivity contribution in [2.45, 2.75) is 33.7 Å². The summed E-state index contributed by atoms with van der Waals surface area (Å²) in [4.78, 5) is 41.1. The normalized spacial score (nSPS) is 10.7. The lowest BCUT2D eigenvalue weighted by atomic mass is 9.99. The second-order valence-electron chi connectivity index (χ2n) is 7.64. The number of aryl methyl sites for hydroxylation is 2. The molecule has 0 aliphatic heterocycles. The van der Waals surface area contributed by atoms with Crippen molar-refractivity contribution in [1.82, 2.24) is 15.6 Å². The number of urea groups is 1. The third kappa shape index (κ3) is 5.45. The highest BCUT2D eigenvalue weighted by Crippen LogP contribution is 2.28. The molecule has 0 spiro atoms. The van der Waals surface area contributed by atoms with E-state index in [0.29, 0.717) is 22.2 Å². The molecule has 3 rings (SSSR count). The zero-order chi connectivity index (χ0) is 22.5. The van der Waals surface area contributed by atoms with E-state index in [1.54, 1.807) is 32.0 Å². The highest BCUT2D eigenvalue weighted by Gasteiger charge is 2.18. The largest absolute Gasteiger partial charge is 0.452 e. The van der Waals surface area contributed by atoms with Crippen molar-refractivity contribution in [1.29, 1.82) is 0 Å². The van der Waals surface area contributed by atoms with Crippen LogP contribution in [0.25, 0.3) is 22.2 Å². The van der Waals surface area contributed by atoms with Gasteiger partial charge in [0.15, 0.2) is 6.61 Å². The van der Waals surface area contributed by atoms with Crippen LogP contribution in [0.5, 0.6) is 0 Å².